The van der Waals surface area contributed by atoms with Gasteiger partial charge in [-0.15, -0.1) is 0 Å². The van der Waals surface area contributed by atoms with Gasteiger partial charge in [0.1, 0.15) is 5.82 Å². The fraction of sp³-hybridized carbons (Fsp3) is 0.500. The maximum absolute atomic E-state index is 13.4. The van der Waals surface area contributed by atoms with Crippen molar-refractivity contribution in [2.45, 2.75) is 39.0 Å². The van der Waals surface area contributed by atoms with E-state index in [4.69, 9.17) is 9.47 Å². The zero-order valence-electron chi connectivity index (χ0n) is 19.2. The molecule has 0 aliphatic heterocycles. The Hall–Kier alpha value is -2.96. The number of fused-ring (bicyclic) bond motifs is 4. The molecule has 0 amide bonds. The van der Waals surface area contributed by atoms with Gasteiger partial charge in [0.05, 0.1) is 37.9 Å². The van der Waals surface area contributed by atoms with Gasteiger partial charge in [-0.1, -0.05) is 18.6 Å². The van der Waals surface area contributed by atoms with Crippen molar-refractivity contribution < 1.29 is 23.5 Å². The molecule has 3 unspecified atom stereocenters. The standard InChI is InChI=1S/C26H29FN2O4/c1-26-13-15-14-28-29(18-7-5-17(27)6-8-18)22(15)12-16(26)4-9-19-21(26)11-10-20(24(30)32-2)23(19)25(31)33-3/h5-8,11,14,16,19-20,23H,4,9-10,12-13H2,1-3H3/t16-,19?,20?,23?,26+/m1/s1. The summed E-state index contributed by atoms with van der Waals surface area (Å²) in [7, 11) is 2.76. The van der Waals surface area contributed by atoms with Crippen LogP contribution in [0.3, 0.4) is 0 Å². The van der Waals surface area contributed by atoms with Gasteiger partial charge in [-0.2, -0.15) is 5.10 Å². The van der Waals surface area contributed by atoms with Crippen molar-refractivity contribution in [3.63, 3.8) is 0 Å². The van der Waals surface area contributed by atoms with E-state index in [1.54, 1.807) is 12.1 Å². The molecule has 7 heteroatoms. The van der Waals surface area contributed by atoms with Crippen LogP contribution < -0.4 is 0 Å². The third-order valence-electron chi connectivity index (χ3n) is 8.25. The number of hydrogen-bond donors (Lipinski definition) is 0. The smallest absolute Gasteiger partial charge is 0.310 e. The van der Waals surface area contributed by atoms with Gasteiger partial charge in [-0.05, 0) is 79.2 Å². The van der Waals surface area contributed by atoms with Crippen LogP contribution in [0, 0.1) is 34.9 Å². The second kappa shape index (κ2) is 8.12. The van der Waals surface area contributed by atoms with Gasteiger partial charge in [-0.3, -0.25) is 9.59 Å². The fourth-order valence-electron chi connectivity index (χ4n) is 6.59. The molecule has 1 aromatic carbocycles. The Morgan fingerprint density at radius 1 is 1.12 bits per heavy atom. The Kier molecular flexibility index (Phi) is 5.38. The topological polar surface area (TPSA) is 70.4 Å². The molecule has 33 heavy (non-hydrogen) atoms. The summed E-state index contributed by atoms with van der Waals surface area (Å²) in [5.74, 6) is -1.58. The highest BCUT2D eigenvalue weighted by atomic mass is 19.1. The first-order chi connectivity index (χ1) is 15.9. The van der Waals surface area contributed by atoms with E-state index in [1.165, 1.54) is 43.2 Å². The van der Waals surface area contributed by atoms with E-state index in [2.05, 4.69) is 18.1 Å². The number of allylic oxidation sites excluding steroid dienone is 2. The van der Waals surface area contributed by atoms with E-state index in [0.29, 0.717) is 12.3 Å². The Balaban J connectivity index is 1.51. The summed E-state index contributed by atoms with van der Waals surface area (Å²) in [6, 6.07) is 6.42. The largest absolute Gasteiger partial charge is 0.469 e. The molecule has 1 heterocycles. The van der Waals surface area contributed by atoms with E-state index < -0.39 is 11.8 Å². The number of nitrogens with zero attached hydrogens (tertiary/aromatic N) is 2. The highest BCUT2D eigenvalue weighted by molar-refractivity contribution is 5.83. The number of carbonyl (C=O) groups excluding carboxylic acids is 2. The molecule has 174 valence electrons. The quantitative estimate of drug-likeness (QED) is 0.519. The molecule has 3 aliphatic rings. The van der Waals surface area contributed by atoms with Crippen molar-refractivity contribution in [2.24, 2.45) is 29.1 Å². The third-order valence-corrected chi connectivity index (χ3v) is 8.25. The number of benzene rings is 1. The maximum atomic E-state index is 13.4. The Bertz CT molecular complexity index is 1120. The molecule has 5 atom stereocenters. The number of aromatic nitrogens is 2. The first kappa shape index (κ1) is 21.9. The Morgan fingerprint density at radius 2 is 1.85 bits per heavy atom. The van der Waals surface area contributed by atoms with Gasteiger partial charge in [0.25, 0.3) is 0 Å². The zero-order valence-corrected chi connectivity index (χ0v) is 19.2. The maximum Gasteiger partial charge on any atom is 0.310 e. The van der Waals surface area contributed by atoms with Gasteiger partial charge in [0, 0.05) is 5.69 Å². The Morgan fingerprint density at radius 3 is 2.55 bits per heavy atom. The van der Waals surface area contributed by atoms with E-state index in [-0.39, 0.29) is 29.1 Å². The molecule has 0 bridgehead atoms. The summed E-state index contributed by atoms with van der Waals surface area (Å²) < 4.78 is 25.5. The normalized spacial score (nSPS) is 30.4. The lowest BCUT2D eigenvalue weighted by molar-refractivity contribution is -0.161. The van der Waals surface area contributed by atoms with Crippen LogP contribution >= 0.6 is 0 Å². The molecule has 1 fully saturated rings. The molecular formula is C26H29FN2O4. The summed E-state index contributed by atoms with van der Waals surface area (Å²) in [5.41, 5.74) is 4.38. The number of carbonyl (C=O) groups is 2. The number of rotatable bonds is 3. The van der Waals surface area contributed by atoms with Crippen molar-refractivity contribution in [1.82, 2.24) is 9.78 Å². The highest BCUT2D eigenvalue weighted by Gasteiger charge is 2.54. The van der Waals surface area contributed by atoms with Gasteiger partial charge < -0.3 is 9.47 Å². The molecule has 1 aromatic heterocycles. The lowest BCUT2D eigenvalue weighted by atomic mass is 9.51. The van der Waals surface area contributed by atoms with E-state index in [9.17, 15) is 14.0 Å². The molecule has 5 rings (SSSR count). The molecule has 2 aromatic rings. The van der Waals surface area contributed by atoms with Crippen molar-refractivity contribution in [2.75, 3.05) is 14.2 Å². The number of esters is 2. The second-order valence-corrected chi connectivity index (χ2v) is 9.76. The van der Waals surface area contributed by atoms with Crippen molar-refractivity contribution in [1.29, 1.82) is 0 Å². The molecule has 0 spiro atoms. The fourth-order valence-corrected chi connectivity index (χ4v) is 6.59. The average Bonchev–Trinajstić information content (AvgIpc) is 3.23. The molecule has 0 radical (unpaired) electrons. The monoisotopic (exact) mass is 452 g/mol. The molecule has 0 N–H and O–H groups in total. The SMILES string of the molecule is COC(=O)C1CC=C2C(CC[C@@H]3Cc4c(cnn4-c4ccc(F)cc4)C[C@]23C)C1C(=O)OC. The first-order valence-corrected chi connectivity index (χ1v) is 11.5. The predicted molar refractivity (Wildman–Crippen MR) is 119 cm³/mol. The van der Waals surface area contributed by atoms with Crippen LogP contribution in [0.15, 0.2) is 42.1 Å². The van der Waals surface area contributed by atoms with Gasteiger partial charge in [-0.25, -0.2) is 9.07 Å². The molecule has 6 nitrogen and oxygen atoms in total. The summed E-state index contributed by atoms with van der Waals surface area (Å²) >= 11 is 0. The first-order valence-electron chi connectivity index (χ1n) is 11.5. The van der Waals surface area contributed by atoms with E-state index in [0.717, 1.165) is 31.4 Å². The average molecular weight is 453 g/mol. The van der Waals surface area contributed by atoms with Crippen molar-refractivity contribution >= 4 is 11.9 Å². The zero-order chi connectivity index (χ0) is 23.3. The second-order valence-electron chi connectivity index (χ2n) is 9.76. The van der Waals surface area contributed by atoms with Crippen LogP contribution in [0.1, 0.15) is 37.4 Å². The summed E-state index contributed by atoms with van der Waals surface area (Å²) in [6.07, 6.45) is 8.08. The summed E-state index contributed by atoms with van der Waals surface area (Å²) in [5, 5.41) is 4.63. The van der Waals surface area contributed by atoms with Crippen LogP contribution in [0.4, 0.5) is 4.39 Å². The van der Waals surface area contributed by atoms with Crippen molar-refractivity contribution in [3.05, 3.63) is 59.2 Å². The van der Waals surface area contributed by atoms with Gasteiger partial charge in [0.15, 0.2) is 0 Å². The van der Waals surface area contributed by atoms with Crippen LogP contribution in [0.25, 0.3) is 5.69 Å². The highest BCUT2D eigenvalue weighted by Crippen LogP contribution is 2.58. The molecule has 0 saturated heterocycles. The summed E-state index contributed by atoms with van der Waals surface area (Å²) in [4.78, 5) is 25.3. The van der Waals surface area contributed by atoms with Crippen molar-refractivity contribution in [3.8, 4) is 5.69 Å². The summed E-state index contributed by atoms with van der Waals surface area (Å²) in [6.45, 7) is 2.29. The Labute approximate surface area is 192 Å². The van der Waals surface area contributed by atoms with E-state index >= 15 is 0 Å². The van der Waals surface area contributed by atoms with Crippen LogP contribution in [0.5, 0.6) is 0 Å². The lowest BCUT2D eigenvalue weighted by Crippen LogP contribution is -2.50. The minimum atomic E-state index is -0.511. The van der Waals surface area contributed by atoms with Crippen LogP contribution in [0.2, 0.25) is 0 Å². The minimum Gasteiger partial charge on any atom is -0.469 e. The van der Waals surface area contributed by atoms with Crippen LogP contribution in [-0.4, -0.2) is 35.9 Å². The number of halogens is 1. The number of hydrogen-bond acceptors (Lipinski definition) is 5. The number of methoxy groups -OCH3 is 2. The predicted octanol–water partition coefficient (Wildman–Crippen LogP) is 4.05. The lowest BCUT2D eigenvalue weighted by Gasteiger charge is -2.53. The number of ether oxygens (including phenoxy) is 2. The molecule has 3 aliphatic carbocycles. The van der Waals surface area contributed by atoms with Crippen LogP contribution in [-0.2, 0) is 31.9 Å². The molecule has 1 saturated carbocycles. The minimum absolute atomic E-state index is 0.0229. The third kappa shape index (κ3) is 3.40. The molecular weight excluding hydrogens is 423 g/mol. The van der Waals surface area contributed by atoms with Gasteiger partial charge in [0.2, 0.25) is 0 Å². The van der Waals surface area contributed by atoms with E-state index in [1.807, 2.05) is 10.9 Å². The van der Waals surface area contributed by atoms with Gasteiger partial charge >= 0.3 is 11.9 Å².